The molecule has 1 amide bonds. The Kier molecular flexibility index (Phi) is 6.27. The van der Waals surface area contributed by atoms with E-state index in [1.165, 1.54) is 6.33 Å². The Morgan fingerprint density at radius 2 is 1.76 bits per heavy atom. The average Bonchev–Trinajstić information content (AvgIpc) is 3.42. The zero-order chi connectivity index (χ0) is 23.5. The van der Waals surface area contributed by atoms with Gasteiger partial charge in [-0.3, -0.25) is 9.69 Å². The molecule has 1 N–H and O–H groups in total. The molecular weight excluding hydrogens is 418 g/mol. The number of benzene rings is 1. The molecule has 0 aliphatic heterocycles. The topological polar surface area (TPSA) is 107 Å². The zero-order valence-corrected chi connectivity index (χ0v) is 19.4. The molecular formula is C23H27N9O. The van der Waals surface area contributed by atoms with E-state index in [0.29, 0.717) is 11.8 Å². The number of hydrogen-bond acceptors (Lipinski definition) is 7. The summed E-state index contributed by atoms with van der Waals surface area (Å²) in [6, 6.07) is 11.8. The number of nitrogens with one attached hydrogen (secondary N) is 1. The highest BCUT2D eigenvalue weighted by Gasteiger charge is 2.18. The Bertz CT molecular complexity index is 1230. The van der Waals surface area contributed by atoms with Crippen LogP contribution >= 0.6 is 0 Å². The van der Waals surface area contributed by atoms with Crippen LogP contribution in [0.2, 0.25) is 0 Å². The number of hydrogen-bond donors (Lipinski definition) is 1. The van der Waals surface area contributed by atoms with Gasteiger partial charge in [-0.2, -0.15) is 14.9 Å². The van der Waals surface area contributed by atoms with Crippen molar-refractivity contribution in [2.75, 3.05) is 18.9 Å². The first-order valence-electron chi connectivity index (χ1n) is 10.6. The predicted molar refractivity (Wildman–Crippen MR) is 124 cm³/mol. The number of nitrogens with zero attached hydrogens (tertiary/aromatic N) is 8. The molecule has 170 valence electrons. The van der Waals surface area contributed by atoms with E-state index in [2.05, 4.69) is 37.4 Å². The van der Waals surface area contributed by atoms with Crippen molar-refractivity contribution in [3.8, 4) is 11.6 Å². The Balaban J connectivity index is 1.43. The Labute approximate surface area is 192 Å². The normalized spacial score (nSPS) is 12.2. The number of carbonyl (C=O) groups is 1. The van der Waals surface area contributed by atoms with Gasteiger partial charge in [0.05, 0.1) is 17.9 Å². The van der Waals surface area contributed by atoms with Gasteiger partial charge in [-0.25, -0.2) is 19.6 Å². The minimum absolute atomic E-state index is 0.0370. The van der Waals surface area contributed by atoms with E-state index in [9.17, 15) is 4.79 Å². The summed E-state index contributed by atoms with van der Waals surface area (Å²) >= 11 is 0. The van der Waals surface area contributed by atoms with Crippen LogP contribution in [0.5, 0.6) is 0 Å². The molecule has 0 aliphatic carbocycles. The van der Waals surface area contributed by atoms with E-state index >= 15 is 0 Å². The highest BCUT2D eigenvalue weighted by molar-refractivity contribution is 5.91. The van der Waals surface area contributed by atoms with Gasteiger partial charge >= 0.3 is 0 Å². The summed E-state index contributed by atoms with van der Waals surface area (Å²) in [5.41, 5.74) is 4.47. The summed E-state index contributed by atoms with van der Waals surface area (Å²) in [6.07, 6.45) is 3.16. The minimum Gasteiger partial charge on any atom is -0.309 e. The molecule has 0 bridgehead atoms. The third-order valence-corrected chi connectivity index (χ3v) is 5.37. The van der Waals surface area contributed by atoms with Crippen LogP contribution in [-0.4, -0.2) is 58.9 Å². The van der Waals surface area contributed by atoms with Gasteiger partial charge in [-0.05, 0) is 58.5 Å². The second kappa shape index (κ2) is 9.29. The van der Waals surface area contributed by atoms with Crippen molar-refractivity contribution in [2.24, 2.45) is 0 Å². The maximum Gasteiger partial charge on any atom is 0.252 e. The van der Waals surface area contributed by atoms with Crippen LogP contribution in [0.15, 0.2) is 49.1 Å². The summed E-state index contributed by atoms with van der Waals surface area (Å²) in [4.78, 5) is 27.7. The lowest BCUT2D eigenvalue weighted by atomic mass is 10.1. The Hall–Kier alpha value is -3.92. The molecule has 10 nitrogen and oxygen atoms in total. The van der Waals surface area contributed by atoms with Crippen molar-refractivity contribution in [1.29, 1.82) is 0 Å². The maximum atomic E-state index is 12.8. The lowest BCUT2D eigenvalue weighted by molar-refractivity contribution is -0.117. The first-order chi connectivity index (χ1) is 15.8. The molecule has 0 spiro atoms. The lowest BCUT2D eigenvalue weighted by Crippen LogP contribution is -2.32. The number of rotatable bonds is 7. The first-order valence-corrected chi connectivity index (χ1v) is 10.6. The molecule has 1 unspecified atom stereocenters. The van der Waals surface area contributed by atoms with Crippen LogP contribution in [0.25, 0.3) is 11.6 Å². The van der Waals surface area contributed by atoms with Crippen LogP contribution in [0, 0.1) is 20.8 Å². The number of amides is 1. The van der Waals surface area contributed by atoms with E-state index in [0.717, 1.165) is 28.3 Å². The van der Waals surface area contributed by atoms with Crippen LogP contribution in [0.4, 0.5) is 5.82 Å². The van der Waals surface area contributed by atoms with Crippen LogP contribution < -0.4 is 5.32 Å². The number of carbonyl (C=O) groups excluding carboxylic acids is 1. The van der Waals surface area contributed by atoms with Crippen molar-refractivity contribution in [3.05, 3.63) is 71.7 Å². The van der Waals surface area contributed by atoms with Gasteiger partial charge in [0.25, 0.3) is 5.95 Å². The molecule has 0 fully saturated rings. The molecule has 0 radical (unpaired) electrons. The van der Waals surface area contributed by atoms with Crippen LogP contribution in [0.1, 0.15) is 35.6 Å². The van der Waals surface area contributed by atoms with Gasteiger partial charge in [0.2, 0.25) is 5.91 Å². The lowest BCUT2D eigenvalue weighted by Gasteiger charge is -2.24. The fraction of sp³-hybridized carbons (Fsp3) is 0.304. The average molecular weight is 446 g/mol. The molecule has 10 heteroatoms. The molecule has 3 aromatic heterocycles. The number of anilines is 1. The Morgan fingerprint density at radius 1 is 1.06 bits per heavy atom. The summed E-state index contributed by atoms with van der Waals surface area (Å²) in [7, 11) is 1.92. The molecule has 4 aromatic rings. The first kappa shape index (κ1) is 22.3. The van der Waals surface area contributed by atoms with Crippen molar-refractivity contribution >= 4 is 11.7 Å². The summed E-state index contributed by atoms with van der Waals surface area (Å²) in [5, 5.41) is 11.6. The second-order valence-electron chi connectivity index (χ2n) is 8.10. The number of aryl methyl sites for hydroxylation is 3. The fourth-order valence-corrected chi connectivity index (χ4v) is 3.59. The summed E-state index contributed by atoms with van der Waals surface area (Å²) in [5.74, 6) is 0.833. The van der Waals surface area contributed by atoms with Gasteiger partial charge in [0.1, 0.15) is 18.5 Å². The SMILES string of the molecule is Cc1cc(C)nc(-n2nc(C)cc2NC(=O)CN(C)C(C)c2ccc(-n3cncn3)cc2)n1. The van der Waals surface area contributed by atoms with Crippen LogP contribution in [0.3, 0.4) is 0 Å². The van der Waals surface area contributed by atoms with E-state index in [1.54, 1.807) is 15.7 Å². The summed E-state index contributed by atoms with van der Waals surface area (Å²) < 4.78 is 3.27. The Morgan fingerprint density at radius 3 is 2.39 bits per heavy atom. The predicted octanol–water partition coefficient (Wildman–Crippen LogP) is 2.80. The molecule has 0 saturated carbocycles. The quantitative estimate of drug-likeness (QED) is 0.466. The smallest absolute Gasteiger partial charge is 0.252 e. The van der Waals surface area contributed by atoms with Crippen molar-refractivity contribution < 1.29 is 4.79 Å². The van der Waals surface area contributed by atoms with Gasteiger partial charge < -0.3 is 5.32 Å². The molecule has 1 atom stereocenters. The van der Waals surface area contributed by atoms with Crippen molar-refractivity contribution in [2.45, 2.75) is 33.7 Å². The summed E-state index contributed by atoms with van der Waals surface area (Å²) in [6.45, 7) is 7.95. The van der Waals surface area contributed by atoms with E-state index in [4.69, 9.17) is 0 Å². The minimum atomic E-state index is -0.144. The second-order valence-corrected chi connectivity index (χ2v) is 8.10. The third kappa shape index (κ3) is 5.12. The molecule has 0 saturated heterocycles. The zero-order valence-electron chi connectivity index (χ0n) is 19.4. The monoisotopic (exact) mass is 445 g/mol. The standard InChI is InChI=1S/C23H27N9O/c1-15-10-16(2)27-23(26-15)32-21(11-17(3)29-32)28-22(33)12-30(5)18(4)19-6-8-20(9-7-19)31-14-24-13-25-31/h6-11,13-14,18H,12H2,1-5H3,(H,28,33). The van der Waals surface area contributed by atoms with Crippen molar-refractivity contribution in [3.63, 3.8) is 0 Å². The van der Waals surface area contributed by atoms with E-state index in [1.807, 2.05) is 69.1 Å². The molecule has 33 heavy (non-hydrogen) atoms. The van der Waals surface area contributed by atoms with Gasteiger partial charge in [-0.1, -0.05) is 12.1 Å². The number of aromatic nitrogens is 7. The molecule has 3 heterocycles. The van der Waals surface area contributed by atoms with Crippen LogP contribution in [-0.2, 0) is 4.79 Å². The molecule has 0 aliphatic rings. The number of likely N-dealkylation sites (N-methyl/N-ethyl adjacent to an activating group) is 1. The highest BCUT2D eigenvalue weighted by atomic mass is 16.2. The highest BCUT2D eigenvalue weighted by Crippen LogP contribution is 2.21. The molecule has 4 rings (SSSR count). The maximum absolute atomic E-state index is 12.8. The van der Waals surface area contributed by atoms with Crippen molar-refractivity contribution in [1.82, 2.24) is 39.4 Å². The van der Waals surface area contributed by atoms with Gasteiger partial charge in [-0.15, -0.1) is 0 Å². The van der Waals surface area contributed by atoms with E-state index in [-0.39, 0.29) is 18.5 Å². The van der Waals surface area contributed by atoms with E-state index < -0.39 is 0 Å². The fourth-order valence-electron chi connectivity index (χ4n) is 3.59. The van der Waals surface area contributed by atoms with Gasteiger partial charge in [0.15, 0.2) is 0 Å². The van der Waals surface area contributed by atoms with Gasteiger partial charge in [0, 0.05) is 23.5 Å². The third-order valence-electron chi connectivity index (χ3n) is 5.37. The largest absolute Gasteiger partial charge is 0.309 e. The molecule has 1 aromatic carbocycles.